The molecule has 0 aliphatic carbocycles. The molecule has 0 saturated carbocycles. The minimum Gasteiger partial charge on any atom is -0.428 e. The zero-order valence-corrected chi connectivity index (χ0v) is 11.9. The Morgan fingerprint density at radius 2 is 2.05 bits per heavy atom. The van der Waals surface area contributed by atoms with E-state index in [1.54, 1.807) is 13.2 Å². The van der Waals surface area contributed by atoms with E-state index in [0.29, 0.717) is 19.0 Å². The third-order valence-corrected chi connectivity index (χ3v) is 2.51. The largest absolute Gasteiger partial charge is 0.428 e. The van der Waals surface area contributed by atoms with Crippen LogP contribution in [0.5, 0.6) is 0 Å². The summed E-state index contributed by atoms with van der Waals surface area (Å²) in [5.41, 5.74) is 5.46. The molecule has 0 aromatic carbocycles. The molecular weight excluding hydrogens is 274 g/mol. The van der Waals surface area contributed by atoms with Gasteiger partial charge in [0.2, 0.25) is 11.9 Å². The summed E-state index contributed by atoms with van der Waals surface area (Å²) >= 11 is 0. The molecule has 0 unspecified atom stereocenters. The number of nitrogens with zero attached hydrogens (tertiary/aromatic N) is 4. The van der Waals surface area contributed by atoms with Gasteiger partial charge in [-0.3, -0.25) is 5.32 Å². The fraction of sp³-hybridized carbons (Fsp3) is 0.583. The topological polar surface area (TPSA) is 139 Å². The Hall–Kier alpha value is -2.63. The molecule has 9 heteroatoms. The van der Waals surface area contributed by atoms with Gasteiger partial charge in [0.15, 0.2) is 0 Å². The van der Waals surface area contributed by atoms with Gasteiger partial charge < -0.3 is 15.8 Å². The maximum Gasteiger partial charge on any atom is 0.321 e. The van der Waals surface area contributed by atoms with Crippen molar-refractivity contribution in [2.24, 2.45) is 0 Å². The molecule has 1 heterocycles. The highest BCUT2D eigenvalue weighted by Crippen LogP contribution is 2.02. The zero-order chi connectivity index (χ0) is 15.5. The highest BCUT2D eigenvalue weighted by molar-refractivity contribution is 5.87. The first kappa shape index (κ1) is 16.4. The first-order chi connectivity index (χ1) is 10.1. The van der Waals surface area contributed by atoms with Crippen LogP contribution in [-0.2, 0) is 4.74 Å². The number of aryl methyl sites for hydroxylation is 1. The minimum atomic E-state index is -0.382. The van der Waals surface area contributed by atoms with Crippen LogP contribution >= 0.6 is 0 Å². The van der Waals surface area contributed by atoms with E-state index >= 15 is 0 Å². The number of hydrogen-bond donors (Lipinski definition) is 3. The second-order valence-corrected chi connectivity index (χ2v) is 4.30. The van der Waals surface area contributed by atoms with E-state index in [9.17, 15) is 4.79 Å². The van der Waals surface area contributed by atoms with Gasteiger partial charge in [-0.15, -0.1) is 0 Å². The summed E-state index contributed by atoms with van der Waals surface area (Å²) in [5, 5.41) is 13.4. The number of nitrogens with two attached hydrogens (primary N) is 1. The van der Waals surface area contributed by atoms with Crippen molar-refractivity contribution in [1.82, 2.24) is 20.3 Å². The van der Waals surface area contributed by atoms with Crippen molar-refractivity contribution in [3.05, 3.63) is 5.82 Å². The second-order valence-electron chi connectivity index (χ2n) is 4.30. The Balaban J connectivity index is 2.13. The van der Waals surface area contributed by atoms with E-state index < -0.39 is 0 Å². The lowest BCUT2D eigenvalue weighted by Gasteiger charge is -2.07. The molecule has 0 saturated heterocycles. The van der Waals surface area contributed by atoms with E-state index in [1.807, 2.05) is 0 Å². The molecule has 0 bridgehead atoms. The number of unbranched alkanes of at least 4 members (excludes halogenated alkanes) is 3. The molecule has 0 aliphatic heterocycles. The van der Waals surface area contributed by atoms with E-state index in [-0.39, 0.29) is 17.9 Å². The number of nitrogens with one attached hydrogen (secondary N) is 2. The maximum absolute atomic E-state index is 11.6. The molecule has 0 aliphatic rings. The minimum absolute atomic E-state index is 0.0670. The predicted molar refractivity (Wildman–Crippen MR) is 76.0 cm³/mol. The molecule has 114 valence electrons. The Kier molecular flexibility index (Phi) is 7.28. The number of nitrogen functional groups attached to an aromatic ring is 1. The van der Waals surface area contributed by atoms with Crippen molar-refractivity contribution in [2.45, 2.75) is 32.6 Å². The second kappa shape index (κ2) is 9.30. The molecule has 4 N–H and O–H groups in total. The highest BCUT2D eigenvalue weighted by atomic mass is 16.5. The maximum atomic E-state index is 11.6. The van der Waals surface area contributed by atoms with Crippen LogP contribution in [0.4, 0.5) is 16.7 Å². The van der Waals surface area contributed by atoms with Crippen molar-refractivity contribution in [3.8, 4) is 6.26 Å². The number of aromatic nitrogens is 3. The molecule has 1 rings (SSSR count). The highest BCUT2D eigenvalue weighted by Gasteiger charge is 2.05. The van der Waals surface area contributed by atoms with Crippen LogP contribution < -0.4 is 16.4 Å². The average Bonchev–Trinajstić information content (AvgIpc) is 2.40. The number of anilines is 2. The summed E-state index contributed by atoms with van der Waals surface area (Å²) < 4.78 is 4.56. The van der Waals surface area contributed by atoms with Crippen molar-refractivity contribution < 1.29 is 9.53 Å². The summed E-state index contributed by atoms with van der Waals surface area (Å²) in [7, 11) is 0. The smallest absolute Gasteiger partial charge is 0.321 e. The van der Waals surface area contributed by atoms with Crippen LogP contribution in [0.15, 0.2) is 0 Å². The fourth-order valence-corrected chi connectivity index (χ4v) is 1.60. The number of ether oxygens (including phenoxy) is 1. The monoisotopic (exact) mass is 293 g/mol. The quantitative estimate of drug-likeness (QED) is 0.478. The van der Waals surface area contributed by atoms with E-state index in [4.69, 9.17) is 11.0 Å². The molecule has 0 fully saturated rings. The van der Waals surface area contributed by atoms with Crippen molar-refractivity contribution >= 4 is 17.9 Å². The first-order valence-electron chi connectivity index (χ1n) is 6.65. The molecule has 0 spiro atoms. The first-order valence-corrected chi connectivity index (χ1v) is 6.65. The van der Waals surface area contributed by atoms with Gasteiger partial charge in [-0.2, -0.15) is 20.2 Å². The van der Waals surface area contributed by atoms with Gasteiger partial charge in [-0.05, 0) is 26.2 Å². The molecule has 9 nitrogen and oxygen atoms in total. The third-order valence-electron chi connectivity index (χ3n) is 2.51. The van der Waals surface area contributed by atoms with Gasteiger partial charge in [0, 0.05) is 6.54 Å². The Labute approximate surface area is 122 Å². The van der Waals surface area contributed by atoms with Crippen LogP contribution in [0.3, 0.4) is 0 Å². The van der Waals surface area contributed by atoms with Gasteiger partial charge in [0.05, 0.1) is 0 Å². The summed E-state index contributed by atoms with van der Waals surface area (Å²) in [6, 6.07) is -0.382. The molecular formula is C12H19N7O2. The molecule has 0 radical (unpaired) electrons. The van der Waals surface area contributed by atoms with Gasteiger partial charge in [0.1, 0.15) is 12.4 Å². The summed E-state index contributed by atoms with van der Waals surface area (Å²) in [6.45, 7) is 2.66. The Morgan fingerprint density at radius 3 is 2.76 bits per heavy atom. The summed E-state index contributed by atoms with van der Waals surface area (Å²) in [5.74, 6) is 0.640. The number of hydrogen-bond acceptors (Lipinski definition) is 7. The molecule has 1 aromatic heterocycles. The Morgan fingerprint density at radius 1 is 1.29 bits per heavy atom. The van der Waals surface area contributed by atoms with Gasteiger partial charge in [-0.25, -0.2) is 4.79 Å². The van der Waals surface area contributed by atoms with E-state index in [0.717, 1.165) is 25.7 Å². The standard InChI is InChI=1S/C12H19N7O2/c1-9-16-10(14)18-11(17-9)19-12(20)15-6-4-2-3-5-7-21-8-13/h2-7H2,1H3,(H4,14,15,16,17,18,19,20). The number of carbonyl (C=O) groups excluding carboxylic acids is 1. The summed E-state index contributed by atoms with van der Waals surface area (Å²) in [6.07, 6.45) is 5.21. The average molecular weight is 293 g/mol. The number of carbonyl (C=O) groups is 1. The zero-order valence-electron chi connectivity index (χ0n) is 11.9. The molecule has 1 aromatic rings. The van der Waals surface area contributed by atoms with Crippen LogP contribution in [0, 0.1) is 18.4 Å². The lowest BCUT2D eigenvalue weighted by atomic mass is 10.2. The third kappa shape index (κ3) is 7.51. The lowest BCUT2D eigenvalue weighted by molar-refractivity contribution is 0.251. The Bertz CT molecular complexity index is 481. The number of amides is 2. The predicted octanol–water partition coefficient (Wildman–Crippen LogP) is 0.942. The lowest BCUT2D eigenvalue weighted by Crippen LogP contribution is -2.30. The van der Waals surface area contributed by atoms with Crippen LogP contribution in [0.25, 0.3) is 0 Å². The normalized spacial score (nSPS) is 9.71. The van der Waals surface area contributed by atoms with E-state index in [1.165, 1.54) is 0 Å². The number of nitriles is 1. The van der Waals surface area contributed by atoms with E-state index in [2.05, 4.69) is 30.3 Å². The fourth-order valence-electron chi connectivity index (χ4n) is 1.60. The van der Waals surface area contributed by atoms with Crippen molar-refractivity contribution in [2.75, 3.05) is 24.2 Å². The molecule has 2 amide bonds. The molecule has 21 heavy (non-hydrogen) atoms. The van der Waals surface area contributed by atoms with Crippen LogP contribution in [0.2, 0.25) is 0 Å². The van der Waals surface area contributed by atoms with Gasteiger partial charge in [0.25, 0.3) is 6.26 Å². The van der Waals surface area contributed by atoms with Gasteiger partial charge in [-0.1, -0.05) is 6.42 Å². The van der Waals surface area contributed by atoms with Crippen LogP contribution in [-0.4, -0.2) is 34.1 Å². The molecule has 0 atom stereocenters. The number of urea groups is 1. The summed E-state index contributed by atoms with van der Waals surface area (Å²) in [4.78, 5) is 23.2. The SMILES string of the molecule is Cc1nc(N)nc(NC(=O)NCCCCCCOC#N)n1. The van der Waals surface area contributed by atoms with Gasteiger partial charge >= 0.3 is 6.03 Å². The van der Waals surface area contributed by atoms with Crippen LogP contribution in [0.1, 0.15) is 31.5 Å². The van der Waals surface area contributed by atoms with Crippen molar-refractivity contribution in [3.63, 3.8) is 0 Å². The number of rotatable bonds is 8. The van der Waals surface area contributed by atoms with Crippen molar-refractivity contribution in [1.29, 1.82) is 5.26 Å².